The normalized spacial score (nSPS) is 11.2. The molecule has 0 N–H and O–H groups in total. The Morgan fingerprint density at radius 1 is 1.41 bits per heavy atom. The Bertz CT molecular complexity index is 436. The molecule has 0 unspecified atom stereocenters. The van der Waals surface area contributed by atoms with E-state index in [-0.39, 0.29) is 0 Å². The van der Waals surface area contributed by atoms with Crippen molar-refractivity contribution < 1.29 is 0 Å². The Labute approximate surface area is 105 Å². The van der Waals surface area contributed by atoms with Crippen LogP contribution in [0.4, 0.5) is 0 Å². The summed E-state index contributed by atoms with van der Waals surface area (Å²) in [6.07, 6.45) is 4.90. The average Bonchev–Trinajstić information content (AvgIpc) is 2.90. The summed E-state index contributed by atoms with van der Waals surface area (Å²) in [5, 5.41) is 14.4. The van der Waals surface area contributed by atoms with E-state index >= 15 is 0 Å². The molecular weight excluding hydrogens is 234 g/mol. The third-order valence-electron chi connectivity index (χ3n) is 2.46. The van der Waals surface area contributed by atoms with Crippen LogP contribution in [0, 0.1) is 6.92 Å². The van der Waals surface area contributed by atoms with Crippen LogP contribution in [0.15, 0.2) is 18.5 Å². The first-order valence-electron chi connectivity index (χ1n) is 5.69. The molecule has 0 saturated heterocycles. The molecule has 0 aromatic carbocycles. The van der Waals surface area contributed by atoms with Crippen molar-refractivity contribution in [3.8, 4) is 0 Å². The molecule has 2 aromatic rings. The molecule has 17 heavy (non-hydrogen) atoms. The van der Waals surface area contributed by atoms with Crippen molar-refractivity contribution in [2.75, 3.05) is 13.6 Å². The summed E-state index contributed by atoms with van der Waals surface area (Å²) in [6.45, 7) is 4.87. The number of aromatic nitrogens is 4. The van der Waals surface area contributed by atoms with E-state index in [0.717, 1.165) is 36.1 Å². The lowest BCUT2D eigenvalue weighted by molar-refractivity contribution is 0.310. The maximum Gasteiger partial charge on any atom is 0.131 e. The Morgan fingerprint density at radius 2 is 2.29 bits per heavy atom. The average molecular weight is 251 g/mol. The number of nitrogens with zero attached hydrogens (tertiary/aromatic N) is 5. The summed E-state index contributed by atoms with van der Waals surface area (Å²) in [7, 11) is 2.11. The van der Waals surface area contributed by atoms with Crippen molar-refractivity contribution in [2.24, 2.45) is 0 Å². The highest BCUT2D eigenvalue weighted by Gasteiger charge is 2.04. The van der Waals surface area contributed by atoms with Gasteiger partial charge in [-0.05, 0) is 26.5 Å². The molecule has 5 nitrogen and oxygen atoms in total. The van der Waals surface area contributed by atoms with Gasteiger partial charge in [-0.1, -0.05) is 0 Å². The number of hydrogen-bond acceptors (Lipinski definition) is 5. The first kappa shape index (κ1) is 12.2. The lowest BCUT2D eigenvalue weighted by Crippen LogP contribution is -2.20. The van der Waals surface area contributed by atoms with Gasteiger partial charge in [0, 0.05) is 25.5 Å². The summed E-state index contributed by atoms with van der Waals surface area (Å²) in [5.41, 5.74) is 0. The summed E-state index contributed by atoms with van der Waals surface area (Å²) < 4.78 is 1.96. The van der Waals surface area contributed by atoms with Gasteiger partial charge >= 0.3 is 0 Å². The molecule has 0 aliphatic rings. The van der Waals surface area contributed by atoms with Gasteiger partial charge in [0.25, 0.3) is 0 Å². The van der Waals surface area contributed by atoms with Gasteiger partial charge in [-0.15, -0.1) is 21.5 Å². The molecule has 2 heterocycles. The number of aryl methyl sites for hydroxylation is 2. The van der Waals surface area contributed by atoms with Crippen LogP contribution in [0.5, 0.6) is 0 Å². The van der Waals surface area contributed by atoms with Crippen LogP contribution in [-0.4, -0.2) is 38.5 Å². The van der Waals surface area contributed by atoms with E-state index in [4.69, 9.17) is 0 Å². The molecule has 2 aromatic heterocycles. The fourth-order valence-electron chi connectivity index (χ4n) is 1.65. The Hall–Kier alpha value is -1.27. The van der Waals surface area contributed by atoms with Crippen LogP contribution in [0.1, 0.15) is 16.4 Å². The molecule has 0 bridgehead atoms. The van der Waals surface area contributed by atoms with Gasteiger partial charge < -0.3 is 0 Å². The topological polar surface area (TPSA) is 46.8 Å². The second-order valence-electron chi connectivity index (χ2n) is 4.08. The molecule has 0 aliphatic heterocycles. The zero-order chi connectivity index (χ0) is 12.1. The fourth-order valence-corrected chi connectivity index (χ4v) is 2.44. The Balaban J connectivity index is 1.69. The van der Waals surface area contributed by atoms with Gasteiger partial charge in [-0.2, -0.15) is 5.10 Å². The summed E-state index contributed by atoms with van der Waals surface area (Å²) in [6, 6.07) is 1.95. The molecule has 0 aliphatic carbocycles. The highest BCUT2D eigenvalue weighted by Crippen LogP contribution is 2.10. The van der Waals surface area contributed by atoms with E-state index in [0.29, 0.717) is 0 Å². The molecule has 0 radical (unpaired) electrons. The van der Waals surface area contributed by atoms with Crippen molar-refractivity contribution in [1.82, 2.24) is 24.9 Å². The minimum Gasteiger partial charge on any atom is -0.300 e. The van der Waals surface area contributed by atoms with E-state index in [2.05, 4.69) is 27.2 Å². The van der Waals surface area contributed by atoms with E-state index < -0.39 is 0 Å². The SMILES string of the molecule is Cc1nnc(CN(C)CCCn2cccn2)s1. The van der Waals surface area contributed by atoms with Crippen molar-refractivity contribution >= 4 is 11.3 Å². The maximum atomic E-state index is 4.18. The van der Waals surface area contributed by atoms with E-state index in [1.54, 1.807) is 11.3 Å². The van der Waals surface area contributed by atoms with E-state index in [1.807, 2.05) is 30.1 Å². The Kier molecular flexibility index (Phi) is 4.22. The minimum absolute atomic E-state index is 0.880. The monoisotopic (exact) mass is 251 g/mol. The highest BCUT2D eigenvalue weighted by molar-refractivity contribution is 7.11. The third-order valence-corrected chi connectivity index (χ3v) is 3.28. The summed E-state index contributed by atoms with van der Waals surface area (Å²) >= 11 is 1.67. The highest BCUT2D eigenvalue weighted by atomic mass is 32.1. The first-order valence-corrected chi connectivity index (χ1v) is 6.50. The van der Waals surface area contributed by atoms with Crippen LogP contribution in [0.25, 0.3) is 0 Å². The molecule has 0 atom stereocenters. The number of rotatable bonds is 6. The van der Waals surface area contributed by atoms with Crippen molar-refractivity contribution in [1.29, 1.82) is 0 Å². The molecule has 6 heteroatoms. The van der Waals surface area contributed by atoms with E-state index in [9.17, 15) is 0 Å². The van der Waals surface area contributed by atoms with Gasteiger partial charge in [0.2, 0.25) is 0 Å². The lowest BCUT2D eigenvalue weighted by atomic mass is 10.4. The quantitative estimate of drug-likeness (QED) is 0.782. The van der Waals surface area contributed by atoms with Crippen LogP contribution >= 0.6 is 11.3 Å². The predicted octanol–water partition coefficient (Wildman–Crippen LogP) is 1.57. The van der Waals surface area contributed by atoms with Gasteiger partial charge in [0.15, 0.2) is 0 Å². The smallest absolute Gasteiger partial charge is 0.131 e. The molecule has 92 valence electrons. The van der Waals surface area contributed by atoms with Crippen LogP contribution < -0.4 is 0 Å². The maximum absolute atomic E-state index is 4.18. The predicted molar refractivity (Wildman–Crippen MR) is 67.8 cm³/mol. The Morgan fingerprint density at radius 3 is 2.94 bits per heavy atom. The summed E-state index contributed by atoms with van der Waals surface area (Å²) in [4.78, 5) is 2.27. The molecule has 0 saturated carbocycles. The molecule has 0 fully saturated rings. The second kappa shape index (κ2) is 5.88. The van der Waals surface area contributed by atoms with Crippen molar-refractivity contribution in [2.45, 2.75) is 26.4 Å². The van der Waals surface area contributed by atoms with E-state index in [1.165, 1.54) is 0 Å². The van der Waals surface area contributed by atoms with Gasteiger partial charge in [-0.25, -0.2) is 0 Å². The lowest BCUT2D eigenvalue weighted by Gasteiger charge is -2.14. The first-order chi connectivity index (χ1) is 8.24. The van der Waals surface area contributed by atoms with Crippen molar-refractivity contribution in [3.05, 3.63) is 28.5 Å². The zero-order valence-electron chi connectivity index (χ0n) is 10.2. The second-order valence-corrected chi connectivity index (χ2v) is 5.34. The standard InChI is InChI=1S/C11H17N5S/c1-10-13-14-11(17-10)9-15(2)6-4-8-16-7-3-5-12-16/h3,5,7H,4,6,8-9H2,1-2H3. The molecule has 2 rings (SSSR count). The fraction of sp³-hybridized carbons (Fsp3) is 0.545. The third kappa shape index (κ3) is 3.90. The molecule has 0 spiro atoms. The summed E-state index contributed by atoms with van der Waals surface area (Å²) in [5.74, 6) is 0. The van der Waals surface area contributed by atoms with Crippen molar-refractivity contribution in [3.63, 3.8) is 0 Å². The van der Waals surface area contributed by atoms with Gasteiger partial charge in [-0.3, -0.25) is 9.58 Å². The molecule has 0 amide bonds. The molecular formula is C11H17N5S. The number of hydrogen-bond donors (Lipinski definition) is 0. The zero-order valence-corrected chi connectivity index (χ0v) is 11.0. The largest absolute Gasteiger partial charge is 0.300 e. The van der Waals surface area contributed by atoms with Crippen LogP contribution in [-0.2, 0) is 13.1 Å². The van der Waals surface area contributed by atoms with Gasteiger partial charge in [0.05, 0.1) is 6.54 Å². The minimum atomic E-state index is 0.880. The van der Waals surface area contributed by atoms with Crippen LogP contribution in [0.2, 0.25) is 0 Å². The van der Waals surface area contributed by atoms with Crippen LogP contribution in [0.3, 0.4) is 0 Å². The van der Waals surface area contributed by atoms with Gasteiger partial charge in [0.1, 0.15) is 10.0 Å².